The van der Waals surface area contributed by atoms with Crippen LogP contribution in [-0.2, 0) is 32.9 Å². The van der Waals surface area contributed by atoms with Gasteiger partial charge in [0.15, 0.2) is 0 Å². The first-order valence-corrected chi connectivity index (χ1v) is 13.0. The quantitative estimate of drug-likeness (QED) is 0.471. The van der Waals surface area contributed by atoms with Gasteiger partial charge in [-0.3, -0.25) is 4.90 Å². The molecular weight excluding hydrogens is 499 g/mol. The van der Waals surface area contributed by atoms with Crippen LogP contribution in [0.15, 0.2) is 42.5 Å². The van der Waals surface area contributed by atoms with Crippen LogP contribution < -0.4 is 4.74 Å². The van der Waals surface area contributed by atoms with Gasteiger partial charge in [0, 0.05) is 49.7 Å². The number of carbonyl (C=O) groups is 1. The second-order valence-electron chi connectivity index (χ2n) is 10.6. The topological polar surface area (TPSA) is 68.2 Å². The van der Waals surface area contributed by atoms with Gasteiger partial charge < -0.3 is 19.3 Å². The lowest BCUT2D eigenvalue weighted by Crippen LogP contribution is -2.55. The van der Waals surface area contributed by atoms with Crippen molar-refractivity contribution in [3.63, 3.8) is 0 Å². The van der Waals surface area contributed by atoms with Crippen molar-refractivity contribution in [2.45, 2.75) is 63.6 Å². The molecule has 0 amide bonds. The number of carbonyl (C=O) groups excluding carboxylic acids is 1. The number of esters is 1. The molecule has 2 aromatic rings. The molecule has 0 saturated carbocycles. The number of ether oxygens (including phenoxy) is 3. The maximum atomic E-state index is 14.5. The van der Waals surface area contributed by atoms with Crippen molar-refractivity contribution in [1.29, 1.82) is 0 Å². The Labute approximate surface area is 221 Å². The van der Waals surface area contributed by atoms with E-state index < -0.39 is 23.9 Å². The van der Waals surface area contributed by atoms with Gasteiger partial charge in [-0.2, -0.15) is 13.2 Å². The van der Waals surface area contributed by atoms with E-state index in [1.165, 1.54) is 24.3 Å². The molecule has 38 heavy (non-hydrogen) atoms. The Morgan fingerprint density at radius 3 is 2.45 bits per heavy atom. The number of hydrogen-bond acceptors (Lipinski definition) is 6. The molecule has 0 aliphatic carbocycles. The molecule has 2 aliphatic rings. The van der Waals surface area contributed by atoms with Crippen LogP contribution in [0.2, 0.25) is 0 Å². The molecule has 1 unspecified atom stereocenters. The SMILES string of the molecule is COc1cc2c(cc1CO)[C@H]1C[C@@H](OC(=O)C(OC)(c3ccccc3)C(F)(F)F)[C@@H](CC(C)C)CN1CC2. The molecule has 208 valence electrons. The summed E-state index contributed by atoms with van der Waals surface area (Å²) in [5.41, 5.74) is -0.845. The van der Waals surface area contributed by atoms with Gasteiger partial charge in [-0.15, -0.1) is 0 Å². The molecule has 9 heteroatoms. The third kappa shape index (κ3) is 5.16. The van der Waals surface area contributed by atoms with Gasteiger partial charge in [0.25, 0.3) is 5.60 Å². The zero-order valence-electron chi connectivity index (χ0n) is 22.3. The molecule has 1 saturated heterocycles. The largest absolute Gasteiger partial charge is 0.496 e. The molecule has 1 N–H and O–H groups in total. The van der Waals surface area contributed by atoms with E-state index in [-0.39, 0.29) is 30.0 Å². The highest BCUT2D eigenvalue weighted by Gasteiger charge is 2.64. The van der Waals surface area contributed by atoms with Gasteiger partial charge in [-0.05, 0) is 42.0 Å². The molecule has 0 radical (unpaired) electrons. The average molecular weight is 536 g/mol. The minimum atomic E-state index is -5.03. The number of aliphatic hydroxyl groups is 1. The molecule has 0 aromatic heterocycles. The number of hydrogen-bond donors (Lipinski definition) is 1. The predicted octanol–water partition coefficient (Wildman–Crippen LogP) is 5.17. The Morgan fingerprint density at radius 1 is 1.16 bits per heavy atom. The van der Waals surface area contributed by atoms with Crippen molar-refractivity contribution in [1.82, 2.24) is 4.90 Å². The van der Waals surface area contributed by atoms with Crippen LogP contribution in [0.5, 0.6) is 5.75 Å². The maximum absolute atomic E-state index is 14.5. The zero-order valence-corrected chi connectivity index (χ0v) is 22.3. The standard InChI is InChI=1S/C29H36F3NO5/c1-18(2)12-20-16-33-11-10-19-14-25(36-3)21(17-34)13-23(19)24(33)15-26(20)38-27(35)28(37-4,29(30,31)32)22-8-6-5-7-9-22/h5-9,13-14,18,20,24,26,34H,10-12,15-17H2,1-4H3/t20-,24+,26+,28?/m0/s1. The number of halogens is 3. The molecule has 0 spiro atoms. The van der Waals surface area contributed by atoms with Crippen LogP contribution in [0.4, 0.5) is 13.2 Å². The summed E-state index contributed by atoms with van der Waals surface area (Å²) in [4.78, 5) is 15.8. The van der Waals surface area contributed by atoms with Crippen LogP contribution >= 0.6 is 0 Å². The molecule has 1 fully saturated rings. The Bertz CT molecular complexity index is 1120. The summed E-state index contributed by atoms with van der Waals surface area (Å²) in [5.74, 6) is -0.711. The van der Waals surface area contributed by atoms with E-state index in [4.69, 9.17) is 14.2 Å². The van der Waals surface area contributed by atoms with Crippen molar-refractivity contribution in [3.8, 4) is 5.75 Å². The Kier molecular flexibility index (Phi) is 8.40. The molecule has 2 aliphatic heterocycles. The van der Waals surface area contributed by atoms with Crippen LogP contribution in [0.3, 0.4) is 0 Å². The smallest absolute Gasteiger partial charge is 0.432 e. The van der Waals surface area contributed by atoms with Crippen molar-refractivity contribution in [3.05, 3.63) is 64.7 Å². The Morgan fingerprint density at radius 2 is 1.87 bits per heavy atom. The summed E-state index contributed by atoms with van der Waals surface area (Å²) in [6.07, 6.45) is -3.92. The number of piperidine rings is 1. The van der Waals surface area contributed by atoms with Crippen molar-refractivity contribution < 1.29 is 37.3 Å². The van der Waals surface area contributed by atoms with E-state index in [0.717, 1.165) is 31.2 Å². The molecule has 6 nitrogen and oxygen atoms in total. The minimum Gasteiger partial charge on any atom is -0.496 e. The second kappa shape index (κ2) is 11.2. The second-order valence-corrected chi connectivity index (χ2v) is 10.6. The summed E-state index contributed by atoms with van der Waals surface area (Å²) < 4.78 is 59.8. The van der Waals surface area contributed by atoms with Crippen LogP contribution in [0.1, 0.15) is 55.0 Å². The number of methoxy groups -OCH3 is 2. The lowest BCUT2D eigenvalue weighted by atomic mass is 9.78. The van der Waals surface area contributed by atoms with E-state index in [9.17, 15) is 23.1 Å². The number of rotatable bonds is 8. The van der Waals surface area contributed by atoms with Crippen LogP contribution in [0.25, 0.3) is 0 Å². The number of nitrogens with zero attached hydrogens (tertiary/aromatic N) is 1. The fourth-order valence-corrected chi connectivity index (χ4v) is 6.05. The van der Waals surface area contributed by atoms with Crippen molar-refractivity contribution >= 4 is 5.97 Å². The van der Waals surface area contributed by atoms with E-state index >= 15 is 0 Å². The van der Waals surface area contributed by atoms with Gasteiger partial charge in [-0.1, -0.05) is 44.2 Å². The van der Waals surface area contributed by atoms with Crippen molar-refractivity contribution in [2.75, 3.05) is 27.3 Å². The van der Waals surface area contributed by atoms with E-state index in [2.05, 4.69) is 18.7 Å². The first-order valence-electron chi connectivity index (χ1n) is 13.0. The lowest BCUT2D eigenvalue weighted by Gasteiger charge is -2.48. The third-order valence-electron chi connectivity index (χ3n) is 7.84. The molecule has 2 aromatic carbocycles. The monoisotopic (exact) mass is 535 g/mol. The van der Waals surface area contributed by atoms with Gasteiger partial charge in [0.05, 0.1) is 13.7 Å². The molecular formula is C29H36F3NO5. The highest BCUT2D eigenvalue weighted by atomic mass is 19.4. The first-order chi connectivity index (χ1) is 18.0. The van der Waals surface area contributed by atoms with Crippen LogP contribution in [0, 0.1) is 11.8 Å². The fourth-order valence-electron chi connectivity index (χ4n) is 6.05. The highest BCUT2D eigenvalue weighted by molar-refractivity contribution is 5.83. The summed E-state index contributed by atoms with van der Waals surface area (Å²) in [7, 11) is 2.44. The number of aliphatic hydroxyl groups excluding tert-OH is 1. The van der Waals surface area contributed by atoms with Crippen molar-refractivity contribution in [2.24, 2.45) is 11.8 Å². The van der Waals surface area contributed by atoms with E-state index in [1.807, 2.05) is 12.1 Å². The molecule has 2 heterocycles. The first kappa shape index (κ1) is 28.4. The zero-order chi connectivity index (χ0) is 27.7. The molecule has 4 atom stereocenters. The lowest BCUT2D eigenvalue weighted by molar-refractivity contribution is -0.280. The molecule has 0 bridgehead atoms. The van der Waals surface area contributed by atoms with E-state index in [1.54, 1.807) is 13.2 Å². The fraction of sp³-hybridized carbons (Fsp3) is 0.552. The van der Waals surface area contributed by atoms with Gasteiger partial charge in [-0.25, -0.2) is 4.79 Å². The minimum absolute atomic E-state index is 0.133. The number of alkyl halides is 3. The summed E-state index contributed by atoms with van der Waals surface area (Å²) >= 11 is 0. The van der Waals surface area contributed by atoms with Crippen LogP contribution in [-0.4, -0.2) is 55.6 Å². The highest BCUT2D eigenvalue weighted by Crippen LogP contribution is 2.46. The molecule has 4 rings (SSSR count). The number of fused-ring (bicyclic) bond motifs is 3. The number of benzene rings is 2. The van der Waals surface area contributed by atoms with Gasteiger partial charge in [0.1, 0.15) is 11.9 Å². The average Bonchev–Trinajstić information content (AvgIpc) is 2.88. The Hall–Kier alpha value is -2.62. The maximum Gasteiger partial charge on any atom is 0.432 e. The summed E-state index contributed by atoms with van der Waals surface area (Å²) in [6, 6.07) is 10.6. The summed E-state index contributed by atoms with van der Waals surface area (Å²) in [6.45, 7) is 5.28. The van der Waals surface area contributed by atoms with Gasteiger partial charge in [0.2, 0.25) is 0 Å². The normalized spacial score (nSPS) is 23.3. The van der Waals surface area contributed by atoms with E-state index in [0.29, 0.717) is 30.7 Å². The predicted molar refractivity (Wildman–Crippen MR) is 136 cm³/mol. The Balaban J connectivity index is 1.70. The third-order valence-corrected chi connectivity index (χ3v) is 7.84. The van der Waals surface area contributed by atoms with Gasteiger partial charge >= 0.3 is 12.1 Å². The summed E-state index contributed by atoms with van der Waals surface area (Å²) in [5, 5.41) is 9.88.